The van der Waals surface area contributed by atoms with Gasteiger partial charge in [0.2, 0.25) is 0 Å². The number of carbonyl (C=O) groups is 2. The zero-order chi connectivity index (χ0) is 20.8. The molecule has 2 aromatic rings. The summed E-state index contributed by atoms with van der Waals surface area (Å²) in [7, 11) is 1.46. The third-order valence-corrected chi connectivity index (χ3v) is 5.02. The van der Waals surface area contributed by atoms with Crippen molar-refractivity contribution in [2.45, 2.75) is 6.92 Å². The van der Waals surface area contributed by atoms with Gasteiger partial charge in [-0.25, -0.2) is 4.99 Å². The first-order chi connectivity index (χ1) is 14.0. The maximum Gasteiger partial charge on any atom is 0.266 e. The van der Waals surface area contributed by atoms with Crippen LogP contribution in [-0.4, -0.2) is 42.2 Å². The van der Waals surface area contributed by atoms with E-state index in [0.29, 0.717) is 22.4 Å². The Labute approximate surface area is 172 Å². The largest absolute Gasteiger partial charge is 0.546 e. The van der Waals surface area contributed by atoms with Crippen molar-refractivity contribution in [3.05, 3.63) is 59.0 Å². The quantitative estimate of drug-likeness (QED) is 0.650. The molecular formula is C21H19N2O5S-. The number of carboxylic acids is 1. The molecule has 0 aliphatic carbocycles. The highest BCUT2D eigenvalue weighted by Crippen LogP contribution is 2.35. The molecule has 0 atom stereocenters. The van der Waals surface area contributed by atoms with Crippen LogP contribution in [0.3, 0.4) is 0 Å². The van der Waals surface area contributed by atoms with Crippen LogP contribution in [0.2, 0.25) is 0 Å². The molecule has 0 radical (unpaired) electrons. The topological polar surface area (TPSA) is 91.3 Å². The van der Waals surface area contributed by atoms with Crippen LogP contribution in [0.5, 0.6) is 11.5 Å². The van der Waals surface area contributed by atoms with Crippen molar-refractivity contribution >= 4 is 40.6 Å². The lowest BCUT2D eigenvalue weighted by Gasteiger charge is -2.12. The molecule has 7 nitrogen and oxygen atoms in total. The van der Waals surface area contributed by atoms with Gasteiger partial charge in [0.25, 0.3) is 5.91 Å². The fraction of sp³-hybridized carbons (Fsp3) is 0.190. The van der Waals surface area contributed by atoms with E-state index in [2.05, 4.69) is 4.99 Å². The molecule has 3 rings (SSSR count). The van der Waals surface area contributed by atoms with Crippen LogP contribution < -0.4 is 14.6 Å². The predicted molar refractivity (Wildman–Crippen MR) is 110 cm³/mol. The molecular weight excluding hydrogens is 392 g/mol. The highest BCUT2D eigenvalue weighted by atomic mass is 32.2. The monoisotopic (exact) mass is 411 g/mol. The minimum atomic E-state index is -1.32. The molecule has 0 spiro atoms. The van der Waals surface area contributed by atoms with Gasteiger partial charge in [0, 0.05) is 6.54 Å². The molecule has 0 unspecified atom stereocenters. The molecule has 0 saturated carbocycles. The van der Waals surface area contributed by atoms with Crippen LogP contribution in [0.15, 0.2) is 58.4 Å². The average Bonchev–Trinajstić information content (AvgIpc) is 3.01. The SMILES string of the molecule is CCN1C(=O)/C(=C\c2ccc(OCC(=O)[O-])c(OC)c2)SC1=Nc1ccccc1. The minimum Gasteiger partial charge on any atom is -0.546 e. The van der Waals surface area contributed by atoms with E-state index < -0.39 is 12.6 Å². The zero-order valence-electron chi connectivity index (χ0n) is 16.0. The van der Waals surface area contributed by atoms with Crippen molar-refractivity contribution in [3.8, 4) is 11.5 Å². The third kappa shape index (κ3) is 4.97. The number of benzene rings is 2. The number of thioether (sulfide) groups is 1. The van der Waals surface area contributed by atoms with Crippen LogP contribution in [0.1, 0.15) is 12.5 Å². The van der Waals surface area contributed by atoms with Gasteiger partial charge in [0.05, 0.1) is 23.7 Å². The van der Waals surface area contributed by atoms with E-state index in [0.717, 1.165) is 11.3 Å². The van der Waals surface area contributed by atoms with E-state index in [1.165, 1.54) is 18.9 Å². The summed E-state index contributed by atoms with van der Waals surface area (Å²) >= 11 is 1.30. The number of aliphatic imine (C=N–C) groups is 1. The van der Waals surface area contributed by atoms with Crippen LogP contribution in [0.4, 0.5) is 5.69 Å². The van der Waals surface area contributed by atoms with Crippen LogP contribution in [-0.2, 0) is 9.59 Å². The number of amidine groups is 1. The summed E-state index contributed by atoms with van der Waals surface area (Å²) in [5.74, 6) is -0.799. The molecule has 29 heavy (non-hydrogen) atoms. The van der Waals surface area contributed by atoms with Gasteiger partial charge in [0.1, 0.15) is 6.61 Å². The Balaban J connectivity index is 1.87. The molecule has 1 aliphatic rings. The van der Waals surface area contributed by atoms with Crippen molar-refractivity contribution in [1.82, 2.24) is 4.90 Å². The van der Waals surface area contributed by atoms with Crippen LogP contribution in [0, 0.1) is 0 Å². The van der Waals surface area contributed by atoms with Crippen molar-refractivity contribution in [2.75, 3.05) is 20.3 Å². The van der Waals surface area contributed by atoms with E-state index in [4.69, 9.17) is 9.47 Å². The van der Waals surface area contributed by atoms with Crippen molar-refractivity contribution in [2.24, 2.45) is 4.99 Å². The standard InChI is InChI=1S/C21H20N2O5S/c1-3-23-20(26)18(29-21(23)22-15-7-5-4-6-8-15)12-14-9-10-16(17(11-14)27-2)28-13-19(24)25/h4-12H,3,13H2,1-2H3,(H,24,25)/p-1/b18-12+,22-21?. The number of nitrogens with zero attached hydrogens (tertiary/aromatic N) is 2. The lowest BCUT2D eigenvalue weighted by Crippen LogP contribution is -2.29. The fourth-order valence-corrected chi connectivity index (χ4v) is 3.73. The Kier molecular flexibility index (Phi) is 6.56. The number of rotatable bonds is 7. The Hall–Kier alpha value is -3.26. The van der Waals surface area contributed by atoms with Crippen molar-refractivity contribution in [3.63, 3.8) is 0 Å². The smallest absolute Gasteiger partial charge is 0.266 e. The first-order valence-corrected chi connectivity index (χ1v) is 9.69. The predicted octanol–water partition coefficient (Wildman–Crippen LogP) is 2.45. The number of carbonyl (C=O) groups excluding carboxylic acids is 2. The summed E-state index contributed by atoms with van der Waals surface area (Å²) in [4.78, 5) is 30.1. The number of methoxy groups -OCH3 is 1. The van der Waals surface area contributed by atoms with Gasteiger partial charge >= 0.3 is 0 Å². The molecule has 0 bridgehead atoms. The highest BCUT2D eigenvalue weighted by molar-refractivity contribution is 8.18. The van der Waals surface area contributed by atoms with Crippen molar-refractivity contribution < 1.29 is 24.2 Å². The second-order valence-electron chi connectivity index (χ2n) is 5.96. The number of amides is 1. The maximum atomic E-state index is 12.8. The summed E-state index contributed by atoms with van der Waals surface area (Å²) in [5, 5.41) is 11.2. The average molecular weight is 411 g/mol. The highest BCUT2D eigenvalue weighted by Gasteiger charge is 2.32. The second-order valence-corrected chi connectivity index (χ2v) is 6.97. The summed E-state index contributed by atoms with van der Waals surface area (Å²) in [6.07, 6.45) is 1.74. The van der Waals surface area contributed by atoms with E-state index in [1.807, 2.05) is 37.3 Å². The molecule has 1 heterocycles. The van der Waals surface area contributed by atoms with Gasteiger partial charge in [-0.3, -0.25) is 9.69 Å². The van der Waals surface area contributed by atoms with Gasteiger partial charge in [0.15, 0.2) is 16.7 Å². The molecule has 1 aliphatic heterocycles. The summed E-state index contributed by atoms with van der Waals surface area (Å²) in [6, 6.07) is 14.4. The summed E-state index contributed by atoms with van der Waals surface area (Å²) in [5.41, 5.74) is 1.49. The van der Waals surface area contributed by atoms with Gasteiger partial charge in [-0.2, -0.15) is 0 Å². The lowest BCUT2D eigenvalue weighted by atomic mass is 10.2. The first kappa shape index (κ1) is 20.5. The number of likely N-dealkylation sites (N-methyl/N-ethyl adjacent to an activating group) is 1. The molecule has 1 amide bonds. The van der Waals surface area contributed by atoms with Gasteiger partial charge in [-0.05, 0) is 54.6 Å². The van der Waals surface area contributed by atoms with E-state index in [-0.39, 0.29) is 11.7 Å². The van der Waals surface area contributed by atoms with Gasteiger partial charge < -0.3 is 19.4 Å². The molecule has 0 N–H and O–H groups in total. The normalized spacial score (nSPS) is 16.5. The van der Waals surface area contributed by atoms with Gasteiger partial charge in [-0.15, -0.1) is 0 Å². The first-order valence-electron chi connectivity index (χ1n) is 8.87. The van der Waals surface area contributed by atoms with Gasteiger partial charge in [-0.1, -0.05) is 24.3 Å². The maximum absolute atomic E-state index is 12.8. The van der Waals surface area contributed by atoms with Crippen LogP contribution >= 0.6 is 11.8 Å². The third-order valence-electron chi connectivity index (χ3n) is 4.02. The fourth-order valence-electron chi connectivity index (χ4n) is 2.66. The van der Waals surface area contributed by atoms with E-state index >= 15 is 0 Å². The Bertz CT molecular complexity index is 972. The Morgan fingerprint density at radius 1 is 1.21 bits per heavy atom. The summed E-state index contributed by atoms with van der Waals surface area (Å²) < 4.78 is 10.4. The minimum absolute atomic E-state index is 0.122. The number of ether oxygens (including phenoxy) is 2. The van der Waals surface area contributed by atoms with Crippen LogP contribution in [0.25, 0.3) is 6.08 Å². The summed E-state index contributed by atoms with van der Waals surface area (Å²) in [6.45, 7) is 1.83. The lowest BCUT2D eigenvalue weighted by molar-refractivity contribution is -0.307. The van der Waals surface area contributed by atoms with E-state index in [1.54, 1.807) is 29.2 Å². The molecule has 0 aromatic heterocycles. The Morgan fingerprint density at radius 2 is 1.97 bits per heavy atom. The molecule has 2 aromatic carbocycles. The zero-order valence-corrected chi connectivity index (χ0v) is 16.8. The molecule has 1 fully saturated rings. The number of carboxylic acid groups (broad SMARTS) is 1. The second kappa shape index (κ2) is 9.29. The number of hydrogen-bond acceptors (Lipinski definition) is 7. The molecule has 150 valence electrons. The van der Waals surface area contributed by atoms with Crippen molar-refractivity contribution in [1.29, 1.82) is 0 Å². The number of aliphatic carboxylic acids is 1. The van der Waals surface area contributed by atoms with E-state index in [9.17, 15) is 14.7 Å². The Morgan fingerprint density at radius 3 is 2.62 bits per heavy atom. The molecule has 8 heteroatoms. The number of para-hydroxylation sites is 1. The molecule has 1 saturated heterocycles. The number of hydrogen-bond donors (Lipinski definition) is 0.